The first-order valence-electron chi connectivity index (χ1n) is 6.85. The van der Waals surface area contributed by atoms with Gasteiger partial charge in [0.15, 0.2) is 11.6 Å². The zero-order valence-electron chi connectivity index (χ0n) is 11.9. The van der Waals surface area contributed by atoms with E-state index in [1.54, 1.807) is 13.2 Å². The third kappa shape index (κ3) is 3.79. The van der Waals surface area contributed by atoms with Gasteiger partial charge in [-0.3, -0.25) is 0 Å². The van der Waals surface area contributed by atoms with Crippen molar-refractivity contribution in [1.29, 1.82) is 0 Å². The Labute approximate surface area is 123 Å². The molecule has 0 aliphatic heterocycles. The molecule has 2 nitrogen and oxygen atoms in total. The second kappa shape index (κ2) is 7.18. The van der Waals surface area contributed by atoms with E-state index in [-0.39, 0.29) is 12.5 Å². The normalized spacial score (nSPS) is 12.2. The quantitative estimate of drug-likeness (QED) is 0.875. The molecule has 1 atom stereocenters. The number of aliphatic hydroxyl groups excluding tert-OH is 1. The van der Waals surface area contributed by atoms with E-state index in [2.05, 4.69) is 0 Å². The Morgan fingerprint density at radius 3 is 2.24 bits per heavy atom. The Balaban J connectivity index is 2.33. The summed E-state index contributed by atoms with van der Waals surface area (Å²) in [6.45, 7) is 0.0658. The monoisotopic (exact) mass is 292 g/mol. The van der Waals surface area contributed by atoms with Gasteiger partial charge in [-0.2, -0.15) is 0 Å². The van der Waals surface area contributed by atoms with Gasteiger partial charge in [-0.1, -0.05) is 18.2 Å². The molecule has 2 rings (SSSR count). The minimum atomic E-state index is -0.852. The lowest BCUT2D eigenvalue weighted by Crippen LogP contribution is -2.04. The molecule has 0 bridgehead atoms. The van der Waals surface area contributed by atoms with Gasteiger partial charge >= 0.3 is 0 Å². The highest BCUT2D eigenvalue weighted by atomic mass is 19.2. The summed E-state index contributed by atoms with van der Waals surface area (Å²) in [5, 5.41) is 9.04. The van der Waals surface area contributed by atoms with Crippen molar-refractivity contribution in [3.05, 3.63) is 65.2 Å². The summed E-state index contributed by atoms with van der Waals surface area (Å²) < 4.78 is 31.7. The second-order valence-corrected chi connectivity index (χ2v) is 4.87. The smallest absolute Gasteiger partial charge is 0.159 e. The molecule has 0 aliphatic rings. The van der Waals surface area contributed by atoms with E-state index >= 15 is 0 Å². The fraction of sp³-hybridized carbons (Fsp3) is 0.294. The predicted octanol–water partition coefficient (Wildman–Crippen LogP) is 3.88. The number of hydrogen-bond acceptors (Lipinski definition) is 2. The summed E-state index contributed by atoms with van der Waals surface area (Å²) >= 11 is 0. The zero-order chi connectivity index (χ0) is 15.2. The molecule has 0 radical (unpaired) electrons. The number of rotatable bonds is 6. The third-order valence-corrected chi connectivity index (χ3v) is 3.52. The van der Waals surface area contributed by atoms with Crippen molar-refractivity contribution in [3.8, 4) is 5.75 Å². The largest absolute Gasteiger partial charge is 0.497 e. The molecule has 0 heterocycles. The van der Waals surface area contributed by atoms with E-state index in [0.717, 1.165) is 17.4 Å². The number of methoxy groups -OCH3 is 1. The van der Waals surface area contributed by atoms with Crippen LogP contribution in [0, 0.1) is 11.6 Å². The molecule has 1 unspecified atom stereocenters. The van der Waals surface area contributed by atoms with Gasteiger partial charge in [-0.05, 0) is 48.2 Å². The maximum atomic E-state index is 13.5. The van der Waals surface area contributed by atoms with Crippen LogP contribution in [-0.2, 0) is 0 Å². The number of halogens is 2. The number of ether oxygens (including phenoxy) is 1. The molecule has 0 saturated heterocycles. The van der Waals surface area contributed by atoms with Crippen molar-refractivity contribution in [2.75, 3.05) is 13.7 Å². The van der Waals surface area contributed by atoms with E-state index < -0.39 is 11.6 Å². The molecular weight excluding hydrogens is 274 g/mol. The van der Waals surface area contributed by atoms with Crippen LogP contribution >= 0.6 is 0 Å². The van der Waals surface area contributed by atoms with E-state index in [9.17, 15) is 8.78 Å². The summed E-state index contributed by atoms with van der Waals surface area (Å²) in [5.41, 5.74) is 1.68. The number of hydrogen-bond donors (Lipinski definition) is 1. The Morgan fingerprint density at radius 2 is 1.67 bits per heavy atom. The molecule has 1 N–H and O–H groups in total. The Bertz CT molecular complexity index is 582. The lowest BCUT2D eigenvalue weighted by atomic mass is 9.87. The van der Waals surface area contributed by atoms with Crippen LogP contribution in [0.25, 0.3) is 0 Å². The molecule has 0 aliphatic carbocycles. The first-order valence-corrected chi connectivity index (χ1v) is 6.85. The van der Waals surface area contributed by atoms with Crippen LogP contribution in [0.3, 0.4) is 0 Å². The van der Waals surface area contributed by atoms with Crippen LogP contribution in [0.2, 0.25) is 0 Å². The maximum absolute atomic E-state index is 13.5. The van der Waals surface area contributed by atoms with Crippen LogP contribution in [0.15, 0.2) is 42.5 Å². The van der Waals surface area contributed by atoms with Crippen molar-refractivity contribution < 1.29 is 18.6 Å². The van der Waals surface area contributed by atoms with Crippen LogP contribution < -0.4 is 4.74 Å². The van der Waals surface area contributed by atoms with E-state index in [1.807, 2.05) is 24.3 Å². The Hall–Kier alpha value is -1.94. The molecule has 112 valence electrons. The zero-order valence-corrected chi connectivity index (χ0v) is 11.9. The van der Waals surface area contributed by atoms with Gasteiger partial charge in [-0.15, -0.1) is 0 Å². The highest BCUT2D eigenvalue weighted by molar-refractivity contribution is 5.36. The minimum Gasteiger partial charge on any atom is -0.497 e. The van der Waals surface area contributed by atoms with Gasteiger partial charge in [0.05, 0.1) is 7.11 Å². The molecular formula is C17H18F2O2. The van der Waals surface area contributed by atoms with Crippen molar-refractivity contribution in [2.45, 2.75) is 18.8 Å². The van der Waals surface area contributed by atoms with Crippen LogP contribution in [0.4, 0.5) is 8.78 Å². The average Bonchev–Trinajstić information content (AvgIpc) is 2.51. The van der Waals surface area contributed by atoms with Crippen molar-refractivity contribution in [3.63, 3.8) is 0 Å². The third-order valence-electron chi connectivity index (χ3n) is 3.52. The summed E-state index contributed by atoms with van der Waals surface area (Å²) in [4.78, 5) is 0. The van der Waals surface area contributed by atoms with Crippen molar-refractivity contribution >= 4 is 0 Å². The SMILES string of the molecule is COc1ccc(C(CCCO)c2ccc(F)c(F)c2)cc1. The highest BCUT2D eigenvalue weighted by Gasteiger charge is 2.16. The number of aliphatic hydroxyl groups is 1. The molecule has 0 spiro atoms. The first kappa shape index (κ1) is 15.4. The molecule has 21 heavy (non-hydrogen) atoms. The first-order chi connectivity index (χ1) is 10.2. The summed E-state index contributed by atoms with van der Waals surface area (Å²) in [6, 6.07) is 11.4. The fourth-order valence-electron chi connectivity index (χ4n) is 2.39. The van der Waals surface area contributed by atoms with E-state index in [1.165, 1.54) is 6.07 Å². The van der Waals surface area contributed by atoms with Gasteiger partial charge in [0.2, 0.25) is 0 Å². The van der Waals surface area contributed by atoms with Gasteiger partial charge in [0, 0.05) is 12.5 Å². The minimum absolute atomic E-state index is 0.0658. The fourth-order valence-corrected chi connectivity index (χ4v) is 2.39. The van der Waals surface area contributed by atoms with Gasteiger partial charge in [0.25, 0.3) is 0 Å². The van der Waals surface area contributed by atoms with Crippen LogP contribution in [0.5, 0.6) is 5.75 Å². The summed E-state index contributed by atoms with van der Waals surface area (Å²) in [7, 11) is 1.59. The summed E-state index contributed by atoms with van der Waals surface area (Å²) in [5.74, 6) is -1.05. The lowest BCUT2D eigenvalue weighted by Gasteiger charge is -2.18. The maximum Gasteiger partial charge on any atom is 0.159 e. The van der Waals surface area contributed by atoms with Crippen LogP contribution in [-0.4, -0.2) is 18.8 Å². The highest BCUT2D eigenvalue weighted by Crippen LogP contribution is 2.31. The molecule has 0 amide bonds. The van der Waals surface area contributed by atoms with Crippen LogP contribution in [0.1, 0.15) is 29.9 Å². The van der Waals surface area contributed by atoms with Gasteiger partial charge in [-0.25, -0.2) is 8.78 Å². The molecule has 0 saturated carbocycles. The second-order valence-electron chi connectivity index (χ2n) is 4.87. The van der Waals surface area contributed by atoms with Crippen molar-refractivity contribution in [2.24, 2.45) is 0 Å². The lowest BCUT2D eigenvalue weighted by molar-refractivity contribution is 0.282. The van der Waals surface area contributed by atoms with E-state index in [4.69, 9.17) is 9.84 Å². The topological polar surface area (TPSA) is 29.5 Å². The molecule has 4 heteroatoms. The molecule has 0 aromatic heterocycles. The average molecular weight is 292 g/mol. The van der Waals surface area contributed by atoms with E-state index in [0.29, 0.717) is 18.4 Å². The molecule has 2 aromatic carbocycles. The molecule has 0 fully saturated rings. The Kier molecular flexibility index (Phi) is 5.28. The Morgan fingerprint density at radius 1 is 1.00 bits per heavy atom. The number of benzene rings is 2. The predicted molar refractivity (Wildman–Crippen MR) is 77.5 cm³/mol. The van der Waals surface area contributed by atoms with Gasteiger partial charge < -0.3 is 9.84 Å². The molecule has 2 aromatic rings. The van der Waals surface area contributed by atoms with Crippen molar-refractivity contribution in [1.82, 2.24) is 0 Å². The standard InChI is InChI=1S/C17H18F2O2/c1-21-14-7-4-12(5-8-14)15(3-2-10-20)13-6-9-16(18)17(19)11-13/h4-9,11,15,20H,2-3,10H2,1H3. The van der Waals surface area contributed by atoms with Gasteiger partial charge in [0.1, 0.15) is 5.75 Å². The summed E-state index contributed by atoms with van der Waals surface area (Å²) in [6.07, 6.45) is 1.25.